The molecule has 2 saturated heterocycles. The highest BCUT2D eigenvalue weighted by Gasteiger charge is 2.28. The smallest absolute Gasteiger partial charge is 0.231 e. The van der Waals surface area contributed by atoms with Gasteiger partial charge in [-0.15, -0.1) is 0 Å². The van der Waals surface area contributed by atoms with Crippen molar-refractivity contribution in [3.8, 4) is 11.5 Å². The van der Waals surface area contributed by atoms with Gasteiger partial charge in [-0.05, 0) is 37.1 Å². The molecule has 1 aromatic carbocycles. The molecule has 0 unspecified atom stereocenters. The van der Waals surface area contributed by atoms with Crippen LogP contribution < -0.4 is 9.47 Å². The van der Waals surface area contributed by atoms with Gasteiger partial charge in [0.15, 0.2) is 11.5 Å². The molecule has 2 fully saturated rings. The van der Waals surface area contributed by atoms with Crippen molar-refractivity contribution in [2.45, 2.75) is 32.0 Å². The molecule has 156 valence electrons. The molecule has 2 aromatic rings. The van der Waals surface area contributed by atoms with Gasteiger partial charge in [0.05, 0.1) is 6.20 Å². The van der Waals surface area contributed by atoms with Crippen molar-refractivity contribution in [1.29, 1.82) is 0 Å². The van der Waals surface area contributed by atoms with Gasteiger partial charge in [0.1, 0.15) is 0 Å². The van der Waals surface area contributed by atoms with Gasteiger partial charge in [0, 0.05) is 70.7 Å². The van der Waals surface area contributed by atoms with E-state index < -0.39 is 0 Å². The zero-order valence-electron chi connectivity index (χ0n) is 17.3. The largest absolute Gasteiger partial charge is 0.454 e. The number of hydrogen-bond acceptors (Lipinski definition) is 6. The molecule has 0 amide bonds. The van der Waals surface area contributed by atoms with Crippen LogP contribution >= 0.6 is 0 Å². The summed E-state index contributed by atoms with van der Waals surface area (Å²) in [6.45, 7) is 9.33. The van der Waals surface area contributed by atoms with Gasteiger partial charge in [-0.3, -0.25) is 19.4 Å². The Morgan fingerprint density at radius 1 is 0.966 bits per heavy atom. The lowest BCUT2D eigenvalue weighted by Crippen LogP contribution is -2.54. The SMILES string of the molecule is Cn1cc(CN2CCC[C@@H](N3CCN(Cc4ccc5c(c4)OCO5)CC3)C2)cn1. The maximum absolute atomic E-state index is 5.52. The van der Waals surface area contributed by atoms with E-state index in [1.54, 1.807) is 0 Å². The number of aromatic nitrogens is 2. The van der Waals surface area contributed by atoms with Crippen molar-refractivity contribution < 1.29 is 9.47 Å². The van der Waals surface area contributed by atoms with Crippen LogP contribution in [0.1, 0.15) is 24.0 Å². The molecule has 0 bridgehead atoms. The molecule has 4 heterocycles. The van der Waals surface area contributed by atoms with Crippen LogP contribution in [0.3, 0.4) is 0 Å². The highest BCUT2D eigenvalue weighted by Crippen LogP contribution is 2.33. The van der Waals surface area contributed by atoms with Crippen LogP contribution in [0.2, 0.25) is 0 Å². The number of aryl methyl sites for hydroxylation is 1. The van der Waals surface area contributed by atoms with E-state index in [0.717, 1.165) is 50.8 Å². The molecule has 0 radical (unpaired) electrons. The lowest BCUT2D eigenvalue weighted by molar-refractivity contribution is 0.0477. The number of fused-ring (bicyclic) bond motifs is 1. The monoisotopic (exact) mass is 397 g/mol. The molecular weight excluding hydrogens is 366 g/mol. The first-order chi connectivity index (χ1) is 14.2. The van der Waals surface area contributed by atoms with E-state index in [1.165, 1.54) is 37.1 Å². The fraction of sp³-hybridized carbons (Fsp3) is 0.591. The molecule has 3 aliphatic heterocycles. The number of benzene rings is 1. The molecule has 1 atom stereocenters. The number of nitrogens with zero attached hydrogens (tertiary/aromatic N) is 5. The minimum Gasteiger partial charge on any atom is -0.454 e. The Morgan fingerprint density at radius 2 is 1.79 bits per heavy atom. The molecule has 1 aromatic heterocycles. The zero-order valence-corrected chi connectivity index (χ0v) is 17.3. The summed E-state index contributed by atoms with van der Waals surface area (Å²) in [6.07, 6.45) is 6.76. The van der Waals surface area contributed by atoms with Gasteiger partial charge in [-0.1, -0.05) is 6.07 Å². The minimum atomic E-state index is 0.344. The van der Waals surface area contributed by atoms with Crippen LogP contribution in [0.4, 0.5) is 0 Å². The fourth-order valence-electron chi connectivity index (χ4n) is 4.87. The van der Waals surface area contributed by atoms with E-state index in [4.69, 9.17) is 9.47 Å². The van der Waals surface area contributed by atoms with Crippen LogP contribution in [0.15, 0.2) is 30.6 Å². The maximum Gasteiger partial charge on any atom is 0.231 e. The summed E-state index contributed by atoms with van der Waals surface area (Å²) in [7, 11) is 1.99. The zero-order chi connectivity index (χ0) is 19.6. The van der Waals surface area contributed by atoms with E-state index in [-0.39, 0.29) is 0 Å². The van der Waals surface area contributed by atoms with Crippen molar-refractivity contribution in [2.75, 3.05) is 46.1 Å². The van der Waals surface area contributed by atoms with Crippen molar-refractivity contribution in [3.63, 3.8) is 0 Å². The minimum absolute atomic E-state index is 0.344. The molecule has 3 aliphatic rings. The Hall–Kier alpha value is -2.09. The molecule has 0 spiro atoms. The normalized spacial score (nSPS) is 23.6. The molecule has 0 aliphatic carbocycles. The number of hydrogen-bond donors (Lipinski definition) is 0. The van der Waals surface area contributed by atoms with Crippen molar-refractivity contribution in [3.05, 3.63) is 41.7 Å². The average molecular weight is 398 g/mol. The second-order valence-electron chi connectivity index (χ2n) is 8.55. The Labute approximate surface area is 172 Å². The Kier molecular flexibility index (Phi) is 5.44. The number of rotatable bonds is 5. The van der Waals surface area contributed by atoms with Crippen molar-refractivity contribution in [2.24, 2.45) is 7.05 Å². The van der Waals surface area contributed by atoms with Gasteiger partial charge in [-0.25, -0.2) is 0 Å². The number of ether oxygens (including phenoxy) is 2. The molecular formula is C22H31N5O2. The summed E-state index contributed by atoms with van der Waals surface area (Å²) >= 11 is 0. The predicted octanol–water partition coefficient (Wildman–Crippen LogP) is 1.93. The van der Waals surface area contributed by atoms with Gasteiger partial charge < -0.3 is 9.47 Å². The summed E-state index contributed by atoms with van der Waals surface area (Å²) in [5.41, 5.74) is 2.63. The van der Waals surface area contributed by atoms with Crippen LogP contribution in [-0.2, 0) is 20.1 Å². The average Bonchev–Trinajstić information content (AvgIpc) is 3.37. The van der Waals surface area contributed by atoms with Crippen molar-refractivity contribution >= 4 is 0 Å². The van der Waals surface area contributed by atoms with E-state index in [9.17, 15) is 0 Å². The highest BCUT2D eigenvalue weighted by atomic mass is 16.7. The number of likely N-dealkylation sites (tertiary alicyclic amines) is 1. The lowest BCUT2D eigenvalue weighted by Gasteiger charge is -2.43. The molecule has 7 heteroatoms. The second-order valence-corrected chi connectivity index (χ2v) is 8.55. The molecule has 29 heavy (non-hydrogen) atoms. The van der Waals surface area contributed by atoms with Gasteiger partial charge in [0.25, 0.3) is 0 Å². The number of piperazine rings is 1. The van der Waals surface area contributed by atoms with Crippen LogP contribution in [0.5, 0.6) is 11.5 Å². The Balaban J connectivity index is 1.11. The summed E-state index contributed by atoms with van der Waals surface area (Å²) < 4.78 is 12.8. The third-order valence-corrected chi connectivity index (χ3v) is 6.41. The lowest BCUT2D eigenvalue weighted by atomic mass is 10.0. The summed E-state index contributed by atoms with van der Waals surface area (Å²) in [6, 6.07) is 7.02. The second kappa shape index (κ2) is 8.34. The van der Waals surface area contributed by atoms with E-state index in [2.05, 4.69) is 38.1 Å². The third-order valence-electron chi connectivity index (χ3n) is 6.41. The first-order valence-corrected chi connectivity index (χ1v) is 10.8. The van der Waals surface area contributed by atoms with E-state index >= 15 is 0 Å². The van der Waals surface area contributed by atoms with Gasteiger partial charge in [0.2, 0.25) is 6.79 Å². The quantitative estimate of drug-likeness (QED) is 0.768. The molecule has 0 saturated carbocycles. The van der Waals surface area contributed by atoms with E-state index in [0.29, 0.717) is 12.8 Å². The van der Waals surface area contributed by atoms with E-state index in [1.807, 2.05) is 24.0 Å². The standard InChI is InChI=1S/C22H31N5O2/c1-24-13-19(12-23-24)15-26-6-2-3-20(16-26)27-9-7-25(8-10-27)14-18-4-5-21-22(11-18)29-17-28-21/h4-5,11-13,20H,2-3,6-10,14-17H2,1H3/t20-/m1/s1. The van der Waals surface area contributed by atoms with Crippen molar-refractivity contribution in [1.82, 2.24) is 24.5 Å². The fourth-order valence-corrected chi connectivity index (χ4v) is 4.87. The highest BCUT2D eigenvalue weighted by molar-refractivity contribution is 5.44. The van der Waals surface area contributed by atoms with Crippen LogP contribution in [-0.4, -0.2) is 76.6 Å². The first kappa shape index (κ1) is 18.9. The molecule has 0 N–H and O–H groups in total. The Morgan fingerprint density at radius 3 is 2.62 bits per heavy atom. The molecule has 7 nitrogen and oxygen atoms in total. The summed E-state index contributed by atoms with van der Waals surface area (Å²) in [5.74, 6) is 1.75. The Bertz CT molecular complexity index is 830. The van der Waals surface area contributed by atoms with Crippen LogP contribution in [0.25, 0.3) is 0 Å². The van der Waals surface area contributed by atoms with Gasteiger partial charge in [-0.2, -0.15) is 5.10 Å². The topological polar surface area (TPSA) is 46.0 Å². The maximum atomic E-state index is 5.52. The summed E-state index contributed by atoms with van der Waals surface area (Å²) in [4.78, 5) is 7.87. The summed E-state index contributed by atoms with van der Waals surface area (Å²) in [5, 5.41) is 4.31. The number of piperidine rings is 1. The first-order valence-electron chi connectivity index (χ1n) is 10.8. The predicted molar refractivity (Wildman–Crippen MR) is 111 cm³/mol. The third kappa shape index (κ3) is 4.42. The molecule has 5 rings (SSSR count). The van der Waals surface area contributed by atoms with Gasteiger partial charge >= 0.3 is 0 Å². The van der Waals surface area contributed by atoms with Crippen LogP contribution in [0, 0.1) is 0 Å².